The summed E-state index contributed by atoms with van der Waals surface area (Å²) in [6.07, 6.45) is 4.83. The second kappa shape index (κ2) is 6.13. The van der Waals surface area contributed by atoms with Crippen molar-refractivity contribution in [2.24, 2.45) is 0 Å². The van der Waals surface area contributed by atoms with Gasteiger partial charge in [0.15, 0.2) is 0 Å². The Morgan fingerprint density at radius 3 is 2.59 bits per heavy atom. The van der Waals surface area contributed by atoms with Crippen molar-refractivity contribution in [3.05, 3.63) is 0 Å². The largest absolute Gasteiger partial charge is 0.381 e. The summed E-state index contributed by atoms with van der Waals surface area (Å²) in [5, 5.41) is 3.27. The molecule has 0 spiro atoms. The predicted octanol–water partition coefficient (Wildman–Crippen LogP) is 0.227. The van der Waals surface area contributed by atoms with E-state index < -0.39 is 10.0 Å². The van der Waals surface area contributed by atoms with Crippen LogP contribution in [0.1, 0.15) is 32.1 Å². The van der Waals surface area contributed by atoms with Crippen LogP contribution in [-0.2, 0) is 14.8 Å². The topological polar surface area (TPSA) is 67.4 Å². The van der Waals surface area contributed by atoms with E-state index in [0.29, 0.717) is 13.2 Å². The molecule has 2 rings (SSSR count). The molecule has 0 amide bonds. The molecule has 0 aromatic heterocycles. The first kappa shape index (κ1) is 13.3. The van der Waals surface area contributed by atoms with Crippen LogP contribution in [0.25, 0.3) is 0 Å². The third-order valence-corrected chi connectivity index (χ3v) is 4.93. The maximum atomic E-state index is 12.0. The zero-order chi connectivity index (χ0) is 12.1. The predicted molar refractivity (Wildman–Crippen MR) is 66.4 cm³/mol. The number of piperidine rings is 1. The highest BCUT2D eigenvalue weighted by atomic mass is 32.2. The van der Waals surface area contributed by atoms with Gasteiger partial charge in [-0.15, -0.1) is 0 Å². The third-order valence-electron chi connectivity index (χ3n) is 3.40. The average molecular weight is 262 g/mol. The zero-order valence-corrected chi connectivity index (χ0v) is 11.0. The van der Waals surface area contributed by atoms with Gasteiger partial charge in [0, 0.05) is 25.3 Å². The van der Waals surface area contributed by atoms with Gasteiger partial charge >= 0.3 is 0 Å². The molecule has 0 radical (unpaired) electrons. The summed E-state index contributed by atoms with van der Waals surface area (Å²) in [6, 6.07) is 0.193. The van der Waals surface area contributed by atoms with Crippen LogP contribution in [0.3, 0.4) is 0 Å². The van der Waals surface area contributed by atoms with Gasteiger partial charge in [-0.05, 0) is 32.2 Å². The Balaban J connectivity index is 1.80. The smallest absolute Gasteiger partial charge is 0.213 e. The molecule has 2 heterocycles. The Hall–Kier alpha value is -0.170. The molecule has 100 valence electrons. The lowest BCUT2D eigenvalue weighted by atomic mass is 10.1. The molecule has 2 aliphatic heterocycles. The van der Waals surface area contributed by atoms with E-state index in [1.165, 1.54) is 0 Å². The molecular formula is C11H22N2O3S. The molecule has 2 fully saturated rings. The van der Waals surface area contributed by atoms with Gasteiger partial charge in [0.25, 0.3) is 0 Å². The number of rotatable bonds is 4. The summed E-state index contributed by atoms with van der Waals surface area (Å²) in [7, 11) is -3.15. The highest BCUT2D eigenvalue weighted by Crippen LogP contribution is 2.11. The Kier molecular flexibility index (Phi) is 4.78. The monoisotopic (exact) mass is 262 g/mol. The van der Waals surface area contributed by atoms with Crippen LogP contribution < -0.4 is 10.0 Å². The van der Waals surface area contributed by atoms with Gasteiger partial charge in [0.2, 0.25) is 10.0 Å². The minimum atomic E-state index is -3.15. The molecule has 6 heteroatoms. The van der Waals surface area contributed by atoms with Crippen molar-refractivity contribution in [1.82, 2.24) is 10.0 Å². The second-order valence-corrected chi connectivity index (χ2v) is 6.73. The fourth-order valence-electron chi connectivity index (χ4n) is 2.45. The number of sulfonamides is 1. The molecule has 17 heavy (non-hydrogen) atoms. The van der Waals surface area contributed by atoms with E-state index in [9.17, 15) is 8.42 Å². The van der Waals surface area contributed by atoms with Gasteiger partial charge < -0.3 is 10.1 Å². The number of hydrogen-bond acceptors (Lipinski definition) is 4. The van der Waals surface area contributed by atoms with Crippen LogP contribution in [0.2, 0.25) is 0 Å². The normalized spacial score (nSPS) is 28.1. The highest BCUT2D eigenvalue weighted by molar-refractivity contribution is 7.89. The number of hydrogen-bond donors (Lipinski definition) is 2. The minimum Gasteiger partial charge on any atom is -0.381 e. The highest BCUT2D eigenvalue weighted by Gasteiger charge is 2.24. The summed E-state index contributed by atoms with van der Waals surface area (Å²) in [5.74, 6) is 0.213. The molecule has 1 atom stereocenters. The molecule has 0 aliphatic carbocycles. The lowest BCUT2D eigenvalue weighted by molar-refractivity contribution is 0.0832. The molecule has 0 bridgehead atoms. The van der Waals surface area contributed by atoms with E-state index >= 15 is 0 Å². The molecule has 2 aliphatic rings. The van der Waals surface area contributed by atoms with Crippen molar-refractivity contribution in [2.75, 3.05) is 25.5 Å². The van der Waals surface area contributed by atoms with Gasteiger partial charge in [-0.25, -0.2) is 13.1 Å². The fraction of sp³-hybridized carbons (Fsp3) is 1.00. The molecular weight excluding hydrogens is 240 g/mol. The van der Waals surface area contributed by atoms with Crippen LogP contribution in [0.15, 0.2) is 0 Å². The SMILES string of the molecule is O=S(=O)(CC1CCCCN1)NC1CCOCC1. The summed E-state index contributed by atoms with van der Waals surface area (Å²) in [6.45, 7) is 2.27. The average Bonchev–Trinajstić information content (AvgIpc) is 2.30. The van der Waals surface area contributed by atoms with Crippen molar-refractivity contribution in [2.45, 2.75) is 44.2 Å². The van der Waals surface area contributed by atoms with Crippen molar-refractivity contribution >= 4 is 10.0 Å². The summed E-state index contributed by atoms with van der Waals surface area (Å²) >= 11 is 0. The molecule has 1 unspecified atom stereocenters. The van der Waals surface area contributed by atoms with Crippen molar-refractivity contribution in [3.8, 4) is 0 Å². The van der Waals surface area contributed by atoms with Crippen molar-refractivity contribution < 1.29 is 13.2 Å². The first-order valence-corrected chi connectivity index (χ1v) is 8.12. The van der Waals surface area contributed by atoms with Crippen molar-refractivity contribution in [1.29, 1.82) is 0 Å². The van der Waals surface area contributed by atoms with E-state index in [1.807, 2.05) is 0 Å². The Bertz CT molecular complexity index is 294. The third kappa shape index (κ3) is 4.54. The van der Waals surface area contributed by atoms with E-state index in [1.54, 1.807) is 0 Å². The Labute approximate surface area is 103 Å². The molecule has 0 aromatic carbocycles. The van der Waals surface area contributed by atoms with E-state index in [0.717, 1.165) is 38.6 Å². The van der Waals surface area contributed by atoms with E-state index in [4.69, 9.17) is 4.74 Å². The van der Waals surface area contributed by atoms with E-state index in [2.05, 4.69) is 10.0 Å². The molecule has 0 aromatic rings. The van der Waals surface area contributed by atoms with Crippen LogP contribution in [0, 0.1) is 0 Å². The maximum absolute atomic E-state index is 12.0. The molecule has 2 N–H and O–H groups in total. The summed E-state index contributed by atoms with van der Waals surface area (Å²) in [5.41, 5.74) is 0. The molecule has 5 nitrogen and oxygen atoms in total. The lowest BCUT2D eigenvalue weighted by Crippen LogP contribution is -2.46. The van der Waals surface area contributed by atoms with Crippen LogP contribution >= 0.6 is 0 Å². The van der Waals surface area contributed by atoms with Crippen molar-refractivity contribution in [3.63, 3.8) is 0 Å². The second-order valence-electron chi connectivity index (χ2n) is 4.93. The zero-order valence-electron chi connectivity index (χ0n) is 10.2. The van der Waals surface area contributed by atoms with Gasteiger partial charge in [-0.2, -0.15) is 0 Å². The molecule has 0 saturated carbocycles. The maximum Gasteiger partial charge on any atom is 0.213 e. The number of ether oxygens (including phenoxy) is 1. The first-order chi connectivity index (χ1) is 8.16. The first-order valence-electron chi connectivity index (χ1n) is 6.47. The standard InChI is InChI=1S/C11H22N2O3S/c14-17(15,9-11-3-1-2-6-12-11)13-10-4-7-16-8-5-10/h10-13H,1-9H2. The minimum absolute atomic E-state index is 0.0670. The van der Waals surface area contributed by atoms with Crippen LogP contribution in [0.5, 0.6) is 0 Å². The van der Waals surface area contributed by atoms with Gasteiger partial charge in [-0.3, -0.25) is 0 Å². The number of nitrogens with one attached hydrogen (secondary N) is 2. The van der Waals surface area contributed by atoms with Gasteiger partial charge in [-0.1, -0.05) is 6.42 Å². The molecule has 2 saturated heterocycles. The summed E-state index contributed by atoms with van der Waals surface area (Å²) < 4.78 is 32.0. The van der Waals surface area contributed by atoms with Gasteiger partial charge in [0.05, 0.1) is 5.75 Å². The van der Waals surface area contributed by atoms with Gasteiger partial charge in [0.1, 0.15) is 0 Å². The summed E-state index contributed by atoms with van der Waals surface area (Å²) in [4.78, 5) is 0. The lowest BCUT2D eigenvalue weighted by Gasteiger charge is -2.26. The fourth-order valence-corrected chi connectivity index (χ4v) is 4.10. The Morgan fingerprint density at radius 1 is 1.18 bits per heavy atom. The Morgan fingerprint density at radius 2 is 1.94 bits per heavy atom. The quantitative estimate of drug-likeness (QED) is 0.761. The van der Waals surface area contributed by atoms with Crippen LogP contribution in [0.4, 0.5) is 0 Å². The van der Waals surface area contributed by atoms with E-state index in [-0.39, 0.29) is 17.8 Å². The van der Waals surface area contributed by atoms with Crippen LogP contribution in [-0.4, -0.2) is 46.0 Å².